The number of methoxy groups -OCH3 is 2. The second-order valence-electron chi connectivity index (χ2n) is 15.6. The number of cyclic esters (lactones) is 2. The van der Waals surface area contributed by atoms with E-state index in [1.54, 1.807) is 32.9 Å². The first-order valence-electron chi connectivity index (χ1n) is 21.0. The van der Waals surface area contributed by atoms with E-state index in [2.05, 4.69) is 35.2 Å². The van der Waals surface area contributed by atoms with Crippen LogP contribution in [0.2, 0.25) is 0 Å². The fraction of sp³-hybridized carbons (Fsp3) is 0.378. The Morgan fingerprint density at radius 2 is 1.17 bits per heavy atom. The van der Waals surface area contributed by atoms with Crippen molar-refractivity contribution in [1.29, 1.82) is 0 Å². The van der Waals surface area contributed by atoms with Gasteiger partial charge in [-0.3, -0.25) is 18.9 Å². The van der Waals surface area contributed by atoms with Gasteiger partial charge in [0, 0.05) is 39.0 Å². The number of nitrogens with zero attached hydrogens (tertiary/aromatic N) is 10. The molecule has 6 atom stereocenters. The van der Waals surface area contributed by atoms with Crippen molar-refractivity contribution in [2.75, 3.05) is 42.5 Å². The maximum atomic E-state index is 14.0. The average molecular weight is 956 g/mol. The summed E-state index contributed by atoms with van der Waals surface area (Å²) in [5, 5.41) is 3.21. The number of hydrogen-bond acceptors (Lipinski definition) is 16. The molecule has 363 valence electrons. The molecule has 0 unspecified atom stereocenters. The van der Waals surface area contributed by atoms with Gasteiger partial charge in [0.05, 0.1) is 54.4 Å². The van der Waals surface area contributed by atoms with Gasteiger partial charge in [0.25, 0.3) is 0 Å². The number of amides is 2. The van der Waals surface area contributed by atoms with Gasteiger partial charge >= 0.3 is 18.3 Å². The van der Waals surface area contributed by atoms with Crippen LogP contribution in [-0.2, 0) is 22.7 Å². The molecular formula is C45H51BF3N12O8. The SMILES string of the molecule is C.COc1ccc2c(c1)OCc1c([C@H](C)N)ncn1-2.COc1ccc2c(c1)OCc1c([C@H](C)Nc3nccc(N4C(=O)OC[C@@H]4[C@H](C)F)n3)ncn1-2.C[C@H](F)[C@H]1COC(=O)N1c1ccnc(F)n1.[B]. The van der Waals surface area contributed by atoms with Crippen LogP contribution in [0.3, 0.4) is 0 Å². The zero-order chi connectivity index (χ0) is 47.5. The van der Waals surface area contributed by atoms with Crippen LogP contribution < -0.4 is 39.8 Å². The van der Waals surface area contributed by atoms with E-state index in [1.165, 1.54) is 31.0 Å². The van der Waals surface area contributed by atoms with Crippen molar-refractivity contribution in [1.82, 2.24) is 39.0 Å². The number of alkyl halides is 2. The molecule has 2 saturated heterocycles. The van der Waals surface area contributed by atoms with Gasteiger partial charge in [-0.25, -0.2) is 38.3 Å². The summed E-state index contributed by atoms with van der Waals surface area (Å²) in [7, 11) is 3.25. The summed E-state index contributed by atoms with van der Waals surface area (Å²) >= 11 is 0. The van der Waals surface area contributed by atoms with Crippen LogP contribution in [-0.4, -0.2) is 111 Å². The maximum absolute atomic E-state index is 14.0. The van der Waals surface area contributed by atoms with Gasteiger partial charge in [-0.15, -0.1) is 0 Å². The third-order valence-electron chi connectivity index (χ3n) is 11.2. The number of halogens is 3. The first-order valence-corrected chi connectivity index (χ1v) is 21.0. The number of carbonyl (C=O) groups is 2. The van der Waals surface area contributed by atoms with Crippen LogP contribution in [0, 0.1) is 6.08 Å². The van der Waals surface area contributed by atoms with Crippen LogP contribution in [0.5, 0.6) is 23.0 Å². The molecule has 2 amide bonds. The number of nitrogens with two attached hydrogens (primary N) is 1. The number of benzene rings is 2. The number of hydrogen-bond donors (Lipinski definition) is 2. The van der Waals surface area contributed by atoms with Gasteiger partial charge < -0.3 is 39.5 Å². The summed E-state index contributed by atoms with van der Waals surface area (Å²) < 4.78 is 75.8. The van der Waals surface area contributed by atoms with Gasteiger partial charge in [-0.1, -0.05) is 7.43 Å². The van der Waals surface area contributed by atoms with Crippen LogP contribution in [0.15, 0.2) is 73.6 Å². The highest BCUT2D eigenvalue weighted by atomic mass is 19.1. The molecule has 4 aliphatic heterocycles. The van der Waals surface area contributed by atoms with E-state index in [9.17, 15) is 22.8 Å². The third-order valence-corrected chi connectivity index (χ3v) is 11.2. The van der Waals surface area contributed by atoms with E-state index in [0.29, 0.717) is 13.2 Å². The van der Waals surface area contributed by atoms with Crippen LogP contribution in [0.4, 0.5) is 40.3 Å². The van der Waals surface area contributed by atoms with E-state index in [-0.39, 0.29) is 58.7 Å². The monoisotopic (exact) mass is 955 g/mol. The van der Waals surface area contributed by atoms with Gasteiger partial charge in [0.2, 0.25) is 5.95 Å². The molecule has 10 rings (SSSR count). The molecule has 4 aromatic heterocycles. The Morgan fingerprint density at radius 3 is 1.65 bits per heavy atom. The van der Waals surface area contributed by atoms with E-state index in [1.807, 2.05) is 59.4 Å². The minimum absolute atomic E-state index is 0. The highest BCUT2D eigenvalue weighted by Gasteiger charge is 2.40. The summed E-state index contributed by atoms with van der Waals surface area (Å²) in [6, 6.07) is 12.4. The van der Waals surface area contributed by atoms with E-state index >= 15 is 0 Å². The lowest BCUT2D eigenvalue weighted by atomic mass is 10.1. The summed E-state index contributed by atoms with van der Waals surface area (Å²) in [4.78, 5) is 50.0. The summed E-state index contributed by atoms with van der Waals surface area (Å²) in [5.41, 5.74) is 11.3. The molecule has 2 aromatic carbocycles. The molecule has 0 aliphatic carbocycles. The van der Waals surface area contributed by atoms with Gasteiger partial charge in [0.1, 0.15) is 98.1 Å². The molecule has 69 heavy (non-hydrogen) atoms. The molecule has 6 aromatic rings. The molecule has 0 spiro atoms. The highest BCUT2D eigenvalue weighted by Crippen LogP contribution is 2.37. The molecule has 20 nitrogen and oxygen atoms in total. The fourth-order valence-electron chi connectivity index (χ4n) is 7.73. The fourth-order valence-corrected chi connectivity index (χ4v) is 7.73. The maximum Gasteiger partial charge on any atom is 0.416 e. The van der Waals surface area contributed by atoms with E-state index in [4.69, 9.17) is 34.2 Å². The quantitative estimate of drug-likeness (QED) is 0.107. The number of rotatable bonds is 10. The lowest BCUT2D eigenvalue weighted by molar-refractivity contribution is 0.173. The predicted molar refractivity (Wildman–Crippen MR) is 246 cm³/mol. The van der Waals surface area contributed by atoms with Gasteiger partial charge in [0.15, 0.2) is 0 Å². The predicted octanol–water partition coefficient (Wildman–Crippen LogP) is 6.77. The number of carbonyl (C=O) groups excluding carboxylic acids is 2. The number of anilines is 3. The van der Waals surface area contributed by atoms with Crippen molar-refractivity contribution < 1.29 is 51.2 Å². The molecular weight excluding hydrogens is 904 g/mol. The topological polar surface area (TPSA) is 221 Å². The Labute approximate surface area is 397 Å². The zero-order valence-corrected chi connectivity index (χ0v) is 37.7. The zero-order valence-electron chi connectivity index (χ0n) is 37.7. The molecule has 4 aliphatic rings. The first-order chi connectivity index (χ1) is 32.3. The van der Waals surface area contributed by atoms with E-state index < -0.39 is 42.7 Å². The van der Waals surface area contributed by atoms with Crippen molar-refractivity contribution in [2.24, 2.45) is 5.73 Å². The first kappa shape index (κ1) is 50.8. The Bertz CT molecular complexity index is 2760. The van der Waals surface area contributed by atoms with Crippen molar-refractivity contribution in [3.05, 3.63) is 102 Å². The summed E-state index contributed by atoms with van der Waals surface area (Å²) in [6.07, 6.45) is 1.34. The Morgan fingerprint density at radius 1 is 0.696 bits per heavy atom. The molecule has 24 heteroatoms. The number of imidazole rings is 2. The third kappa shape index (κ3) is 10.4. The highest BCUT2D eigenvalue weighted by molar-refractivity contribution is 5.90. The summed E-state index contributed by atoms with van der Waals surface area (Å²) in [5.74, 6) is 3.58. The lowest BCUT2D eigenvalue weighted by Crippen LogP contribution is -2.39. The molecule has 2 fully saturated rings. The van der Waals surface area contributed by atoms with Crippen LogP contribution >= 0.6 is 0 Å². The van der Waals surface area contributed by atoms with Crippen LogP contribution in [0.1, 0.15) is 70.0 Å². The molecule has 0 saturated carbocycles. The smallest absolute Gasteiger partial charge is 0.416 e. The molecule has 3 radical (unpaired) electrons. The number of ether oxygens (including phenoxy) is 6. The van der Waals surface area contributed by atoms with E-state index in [0.717, 1.165) is 68.2 Å². The van der Waals surface area contributed by atoms with Gasteiger partial charge in [-0.2, -0.15) is 14.4 Å². The number of fused-ring (bicyclic) bond motifs is 6. The number of nitrogens with one attached hydrogen (secondary N) is 1. The normalized spacial score (nSPS) is 17.8. The van der Waals surface area contributed by atoms with Gasteiger partial charge in [-0.05, 0) is 64.1 Å². The largest absolute Gasteiger partial charge is 0.497 e. The van der Waals surface area contributed by atoms with Crippen molar-refractivity contribution >= 4 is 38.2 Å². The Balaban J connectivity index is 0.000000184. The average Bonchev–Trinajstić information content (AvgIpc) is 4.14. The van der Waals surface area contributed by atoms with Crippen LogP contribution in [0.25, 0.3) is 11.4 Å². The Hall–Kier alpha value is -7.63. The van der Waals surface area contributed by atoms with Crippen molar-refractivity contribution in [3.8, 4) is 34.4 Å². The van der Waals surface area contributed by atoms with Crippen molar-refractivity contribution in [2.45, 2.75) is 84.8 Å². The molecule has 8 heterocycles. The minimum atomic E-state index is -1.29. The second kappa shape index (κ2) is 21.6. The summed E-state index contributed by atoms with van der Waals surface area (Å²) in [6.45, 7) is 7.29. The minimum Gasteiger partial charge on any atom is -0.497 e. The standard InChI is InChI=1S/C22H23FN6O4.C13H15N3O2.C9H9F2N3O2.CH4.B/c1-12(23)16-9-33-22(30)29(16)19-6-7-24-21(27-19)26-13(2)20-17-10-32-18-8-14(31-3)4-5-15(18)28(17)11-25-20;1-8(14)13-11-6-18-12-5-9(17-2)3-4-10(12)16(11)7-15-13;1-5(10)6-4-16-9(15)14(6)7-2-3-12-8(11)13-7;;/h4-8,11-13,16H,9-10H2,1-3H3,(H,24,26,27);3-5,7-8H,6,14H2,1-2H3;2-3,5-6H,4H2,1H3;1H4;/t12-,13-,16+;8-;5-,6+;;/m000../s1. The molecule has 0 bridgehead atoms. The van der Waals surface area contributed by atoms with Crippen molar-refractivity contribution in [3.63, 3.8) is 0 Å². The Kier molecular flexibility index (Phi) is 15.9. The molecule has 3 N–H and O–H groups in total. The second-order valence-corrected chi connectivity index (χ2v) is 15.6. The number of aromatic nitrogens is 8. The lowest BCUT2D eigenvalue weighted by Gasteiger charge is -2.23.